The largest absolute Gasteiger partial charge is 0.350 e. The molecular formula is C20H25ClN2O3S. The molecule has 1 amide bonds. The minimum atomic E-state index is -3.66. The molecule has 5 nitrogen and oxygen atoms in total. The highest BCUT2D eigenvalue weighted by atomic mass is 35.5. The number of sulfonamides is 1. The molecule has 0 heterocycles. The molecule has 0 radical (unpaired) electrons. The van der Waals surface area contributed by atoms with Crippen LogP contribution in [0.25, 0.3) is 0 Å². The summed E-state index contributed by atoms with van der Waals surface area (Å²) in [7, 11) is -3.66. The van der Waals surface area contributed by atoms with Crippen molar-refractivity contribution in [1.82, 2.24) is 5.32 Å². The lowest BCUT2D eigenvalue weighted by molar-refractivity contribution is -0.122. The summed E-state index contributed by atoms with van der Waals surface area (Å²) in [5, 5.41) is 3.37. The standard InChI is InChI=1S/C20H25ClN2O3S/c1-5-18(20(24)22-13-16-8-6-7-9-17(16)21)23(27(4,25)26)19-12-14(2)10-11-15(19)3/h6-12,18H,5,13H2,1-4H3,(H,22,24)/t18-/m0/s1. The Morgan fingerprint density at radius 1 is 1.19 bits per heavy atom. The zero-order chi connectivity index (χ0) is 20.2. The maximum Gasteiger partial charge on any atom is 0.244 e. The molecule has 0 bridgehead atoms. The SMILES string of the molecule is CC[C@@H](C(=O)NCc1ccccc1Cl)N(c1cc(C)ccc1C)S(C)(=O)=O. The lowest BCUT2D eigenvalue weighted by atomic mass is 10.1. The van der Waals surface area contributed by atoms with Gasteiger partial charge in [-0.25, -0.2) is 8.42 Å². The van der Waals surface area contributed by atoms with Crippen LogP contribution in [-0.4, -0.2) is 26.6 Å². The first-order valence-electron chi connectivity index (χ1n) is 8.73. The van der Waals surface area contributed by atoms with Crippen molar-refractivity contribution in [2.24, 2.45) is 0 Å². The monoisotopic (exact) mass is 408 g/mol. The van der Waals surface area contributed by atoms with Gasteiger partial charge in [0.1, 0.15) is 6.04 Å². The van der Waals surface area contributed by atoms with Crippen LogP contribution in [0.1, 0.15) is 30.0 Å². The summed E-state index contributed by atoms with van der Waals surface area (Å²) in [5.74, 6) is -0.358. The number of hydrogen-bond acceptors (Lipinski definition) is 3. The van der Waals surface area contributed by atoms with Crippen LogP contribution in [-0.2, 0) is 21.4 Å². The van der Waals surface area contributed by atoms with Gasteiger partial charge < -0.3 is 5.32 Å². The van der Waals surface area contributed by atoms with Gasteiger partial charge >= 0.3 is 0 Å². The minimum absolute atomic E-state index is 0.236. The zero-order valence-corrected chi connectivity index (χ0v) is 17.6. The molecule has 27 heavy (non-hydrogen) atoms. The number of amides is 1. The number of carbonyl (C=O) groups excluding carboxylic acids is 1. The summed E-state index contributed by atoms with van der Waals surface area (Å²) in [6.07, 6.45) is 1.47. The Bertz CT molecular complexity index is 929. The highest BCUT2D eigenvalue weighted by Crippen LogP contribution is 2.27. The fourth-order valence-corrected chi connectivity index (χ4v) is 4.40. The van der Waals surface area contributed by atoms with Gasteiger partial charge in [0.2, 0.25) is 15.9 Å². The van der Waals surface area contributed by atoms with Crippen LogP contribution in [0.5, 0.6) is 0 Å². The van der Waals surface area contributed by atoms with E-state index < -0.39 is 16.1 Å². The van der Waals surface area contributed by atoms with Gasteiger partial charge in [-0.15, -0.1) is 0 Å². The first-order valence-corrected chi connectivity index (χ1v) is 11.0. The Kier molecular flexibility index (Phi) is 6.89. The van der Waals surface area contributed by atoms with Crippen LogP contribution >= 0.6 is 11.6 Å². The quantitative estimate of drug-likeness (QED) is 0.757. The molecule has 146 valence electrons. The van der Waals surface area contributed by atoms with E-state index in [0.717, 1.165) is 22.9 Å². The fraction of sp³-hybridized carbons (Fsp3) is 0.350. The number of halogens is 1. The Hall–Kier alpha value is -2.05. The molecule has 2 aromatic carbocycles. The Labute approximate surface area is 166 Å². The van der Waals surface area contributed by atoms with Gasteiger partial charge in [-0.1, -0.05) is 48.9 Å². The molecule has 0 aromatic heterocycles. The van der Waals surface area contributed by atoms with Crippen LogP contribution in [0.4, 0.5) is 5.69 Å². The number of rotatable bonds is 7. The van der Waals surface area contributed by atoms with Gasteiger partial charge in [-0.2, -0.15) is 0 Å². The van der Waals surface area contributed by atoms with Crippen LogP contribution < -0.4 is 9.62 Å². The molecule has 0 spiro atoms. The molecule has 0 saturated carbocycles. The van der Waals surface area contributed by atoms with Crippen molar-refractivity contribution >= 4 is 33.2 Å². The number of benzene rings is 2. The van der Waals surface area contributed by atoms with Crippen LogP contribution in [0.3, 0.4) is 0 Å². The van der Waals surface area contributed by atoms with E-state index in [4.69, 9.17) is 11.6 Å². The number of nitrogens with zero attached hydrogens (tertiary/aromatic N) is 1. The van der Waals surface area contributed by atoms with Gasteiger partial charge in [-0.3, -0.25) is 9.10 Å². The normalized spacial score (nSPS) is 12.5. The predicted molar refractivity (Wildman–Crippen MR) is 111 cm³/mol. The maximum absolute atomic E-state index is 12.9. The van der Waals surface area contributed by atoms with Gasteiger partial charge in [0.25, 0.3) is 0 Å². The van der Waals surface area contributed by atoms with Crippen molar-refractivity contribution in [3.8, 4) is 0 Å². The lowest BCUT2D eigenvalue weighted by Gasteiger charge is -2.31. The number of hydrogen-bond donors (Lipinski definition) is 1. The van der Waals surface area contributed by atoms with Gasteiger partial charge in [0.15, 0.2) is 0 Å². The molecule has 0 saturated heterocycles. The number of aryl methyl sites for hydroxylation is 2. The van der Waals surface area contributed by atoms with Gasteiger partial charge in [-0.05, 0) is 49.1 Å². The molecule has 0 aliphatic heterocycles. The average molecular weight is 409 g/mol. The van der Waals surface area contributed by atoms with Crippen molar-refractivity contribution in [3.63, 3.8) is 0 Å². The van der Waals surface area contributed by atoms with Crippen molar-refractivity contribution in [2.75, 3.05) is 10.6 Å². The summed E-state index contributed by atoms with van der Waals surface area (Å²) >= 11 is 6.13. The van der Waals surface area contributed by atoms with Gasteiger partial charge in [0, 0.05) is 11.6 Å². The van der Waals surface area contributed by atoms with Crippen molar-refractivity contribution in [3.05, 3.63) is 64.2 Å². The summed E-state index contributed by atoms with van der Waals surface area (Å²) in [6.45, 7) is 5.76. The van der Waals surface area contributed by atoms with Crippen LogP contribution in [0, 0.1) is 13.8 Å². The van der Waals surface area contributed by atoms with Crippen LogP contribution in [0.15, 0.2) is 42.5 Å². The smallest absolute Gasteiger partial charge is 0.244 e. The number of carbonyl (C=O) groups is 1. The topological polar surface area (TPSA) is 66.5 Å². The van der Waals surface area contributed by atoms with Gasteiger partial charge in [0.05, 0.1) is 11.9 Å². The maximum atomic E-state index is 12.9. The minimum Gasteiger partial charge on any atom is -0.350 e. The molecule has 2 aromatic rings. The molecule has 0 aliphatic rings. The summed E-state index contributed by atoms with van der Waals surface area (Å²) < 4.78 is 26.3. The summed E-state index contributed by atoms with van der Waals surface area (Å²) in [5.41, 5.74) is 3.02. The van der Waals surface area contributed by atoms with E-state index in [9.17, 15) is 13.2 Å². The molecule has 2 rings (SSSR count). The van der Waals surface area contributed by atoms with E-state index in [2.05, 4.69) is 5.32 Å². The Balaban J connectivity index is 2.33. The molecule has 7 heteroatoms. The second-order valence-electron chi connectivity index (χ2n) is 6.58. The first-order chi connectivity index (χ1) is 12.6. The first kappa shape index (κ1) is 21.3. The highest BCUT2D eigenvalue weighted by Gasteiger charge is 2.32. The van der Waals surface area contributed by atoms with E-state index in [-0.39, 0.29) is 12.5 Å². The Morgan fingerprint density at radius 3 is 2.44 bits per heavy atom. The summed E-state index contributed by atoms with van der Waals surface area (Å²) in [6, 6.07) is 11.9. The molecule has 0 unspecified atom stereocenters. The fourth-order valence-electron chi connectivity index (χ4n) is 2.93. The summed E-state index contributed by atoms with van der Waals surface area (Å²) in [4.78, 5) is 12.9. The Morgan fingerprint density at radius 2 is 1.85 bits per heavy atom. The number of anilines is 1. The van der Waals surface area contributed by atoms with E-state index in [0.29, 0.717) is 17.1 Å². The zero-order valence-electron chi connectivity index (χ0n) is 16.0. The predicted octanol–water partition coefficient (Wildman–Crippen LogP) is 3.82. The van der Waals surface area contributed by atoms with E-state index in [1.165, 1.54) is 4.31 Å². The van der Waals surface area contributed by atoms with E-state index in [1.807, 2.05) is 44.2 Å². The van der Waals surface area contributed by atoms with Crippen molar-refractivity contribution < 1.29 is 13.2 Å². The average Bonchev–Trinajstić information content (AvgIpc) is 2.60. The van der Waals surface area contributed by atoms with Crippen molar-refractivity contribution in [1.29, 1.82) is 0 Å². The third-order valence-electron chi connectivity index (χ3n) is 4.34. The molecular weight excluding hydrogens is 384 g/mol. The highest BCUT2D eigenvalue weighted by molar-refractivity contribution is 7.92. The molecule has 0 aliphatic carbocycles. The second kappa shape index (κ2) is 8.76. The molecule has 1 N–H and O–H groups in total. The van der Waals surface area contributed by atoms with Crippen LogP contribution in [0.2, 0.25) is 5.02 Å². The molecule has 0 fully saturated rings. The lowest BCUT2D eigenvalue weighted by Crippen LogP contribution is -2.49. The third-order valence-corrected chi connectivity index (χ3v) is 5.88. The second-order valence-corrected chi connectivity index (χ2v) is 8.85. The van der Waals surface area contributed by atoms with Crippen molar-refractivity contribution in [2.45, 2.75) is 39.8 Å². The van der Waals surface area contributed by atoms with E-state index >= 15 is 0 Å². The number of nitrogens with one attached hydrogen (secondary N) is 1. The van der Waals surface area contributed by atoms with E-state index in [1.54, 1.807) is 19.1 Å². The third kappa shape index (κ3) is 5.23. The molecule has 1 atom stereocenters.